The van der Waals surface area contributed by atoms with E-state index in [-0.39, 0.29) is 38.6 Å². The van der Waals surface area contributed by atoms with Crippen molar-refractivity contribution in [2.45, 2.75) is 51.2 Å². The molecular weight excluding hydrogens is 556 g/mol. The molecule has 1 aliphatic rings. The first-order valence-electron chi connectivity index (χ1n) is 13.0. The van der Waals surface area contributed by atoms with Crippen LogP contribution in [0.1, 0.15) is 46.5 Å². The van der Waals surface area contributed by atoms with E-state index >= 15 is 0 Å². The van der Waals surface area contributed by atoms with Gasteiger partial charge in [0.2, 0.25) is 0 Å². The maximum absolute atomic E-state index is 14.6. The molecule has 6 nitrogen and oxygen atoms in total. The van der Waals surface area contributed by atoms with Gasteiger partial charge in [0, 0.05) is 38.1 Å². The summed E-state index contributed by atoms with van der Waals surface area (Å²) in [4.78, 5) is 32.9. The van der Waals surface area contributed by atoms with Crippen molar-refractivity contribution in [1.29, 1.82) is 0 Å². The third-order valence-electron chi connectivity index (χ3n) is 7.80. The fraction of sp³-hybridized carbons (Fsp3) is 0.300. The number of rotatable bonds is 6. The zero-order chi connectivity index (χ0) is 28.6. The standard InChI is InChI=1S/C30H28ClF2N3O3S/c1-17-3-4-19(18-11-13-34-14-12-18)15-20(17)16-36(22-7-5-21(6-8-22)35(2)30(38)39)29(37)28-26(31)25-23(32)9-10-24(33)27(25)40-28/h3-4,9-15,21-22H,5-8,16H2,1-2H3,(H,38,39). The Morgan fingerprint density at radius 2 is 1.65 bits per heavy atom. The summed E-state index contributed by atoms with van der Waals surface area (Å²) in [6, 6.07) is 11.6. The van der Waals surface area contributed by atoms with E-state index in [1.807, 2.05) is 37.3 Å². The summed E-state index contributed by atoms with van der Waals surface area (Å²) in [5, 5.41) is 9.24. The second-order valence-electron chi connectivity index (χ2n) is 10.1. The van der Waals surface area contributed by atoms with Crippen molar-refractivity contribution >= 4 is 45.0 Å². The minimum Gasteiger partial charge on any atom is -0.465 e. The number of aromatic nitrogens is 1. The highest BCUT2D eigenvalue weighted by Crippen LogP contribution is 2.40. The van der Waals surface area contributed by atoms with Gasteiger partial charge in [0.15, 0.2) is 0 Å². The third kappa shape index (κ3) is 5.40. The van der Waals surface area contributed by atoms with Gasteiger partial charge < -0.3 is 14.9 Å². The van der Waals surface area contributed by atoms with Crippen LogP contribution in [0.3, 0.4) is 0 Å². The van der Waals surface area contributed by atoms with Gasteiger partial charge in [0.05, 0.1) is 15.1 Å². The van der Waals surface area contributed by atoms with Crippen LogP contribution in [-0.4, -0.2) is 51.0 Å². The van der Waals surface area contributed by atoms with Crippen molar-refractivity contribution in [3.63, 3.8) is 0 Å². The molecule has 2 aromatic carbocycles. The number of nitrogens with zero attached hydrogens (tertiary/aromatic N) is 3. The van der Waals surface area contributed by atoms with Crippen LogP contribution in [0.4, 0.5) is 13.6 Å². The number of pyridine rings is 1. The number of fused-ring (bicyclic) bond motifs is 1. The number of aryl methyl sites for hydroxylation is 1. The van der Waals surface area contributed by atoms with E-state index < -0.39 is 23.6 Å². The van der Waals surface area contributed by atoms with E-state index in [4.69, 9.17) is 11.6 Å². The summed E-state index contributed by atoms with van der Waals surface area (Å²) < 4.78 is 29.2. The van der Waals surface area contributed by atoms with Crippen LogP contribution in [0.2, 0.25) is 5.02 Å². The van der Waals surface area contributed by atoms with Gasteiger partial charge in [0.25, 0.3) is 5.91 Å². The van der Waals surface area contributed by atoms with E-state index in [9.17, 15) is 23.5 Å². The predicted molar refractivity (Wildman–Crippen MR) is 153 cm³/mol. The number of amides is 2. The van der Waals surface area contributed by atoms with Crippen LogP contribution in [0.15, 0.2) is 54.9 Å². The highest BCUT2D eigenvalue weighted by Gasteiger charge is 2.34. The molecule has 0 saturated heterocycles. The molecule has 0 atom stereocenters. The van der Waals surface area contributed by atoms with Gasteiger partial charge in [-0.3, -0.25) is 9.78 Å². The zero-order valence-electron chi connectivity index (χ0n) is 22.0. The number of benzene rings is 2. The topological polar surface area (TPSA) is 73.7 Å². The zero-order valence-corrected chi connectivity index (χ0v) is 23.6. The summed E-state index contributed by atoms with van der Waals surface area (Å²) in [6.45, 7) is 2.24. The highest BCUT2D eigenvalue weighted by atomic mass is 35.5. The first-order chi connectivity index (χ1) is 19.2. The Labute approximate surface area is 239 Å². The van der Waals surface area contributed by atoms with Crippen LogP contribution in [0.5, 0.6) is 0 Å². The lowest BCUT2D eigenvalue weighted by Gasteiger charge is -2.39. The summed E-state index contributed by atoms with van der Waals surface area (Å²) >= 11 is 7.39. The van der Waals surface area contributed by atoms with Crippen molar-refractivity contribution in [3.8, 4) is 11.1 Å². The number of hydrogen-bond acceptors (Lipinski definition) is 4. The fourth-order valence-corrected chi connectivity index (χ4v) is 6.90. The quantitative estimate of drug-likeness (QED) is 0.252. The molecule has 1 fully saturated rings. The Hall–Kier alpha value is -3.56. The molecule has 10 heteroatoms. The van der Waals surface area contributed by atoms with E-state index in [1.165, 1.54) is 4.90 Å². The van der Waals surface area contributed by atoms with E-state index in [0.717, 1.165) is 45.7 Å². The maximum atomic E-state index is 14.6. The molecule has 0 spiro atoms. The molecular formula is C30H28ClF2N3O3S. The molecule has 1 saturated carbocycles. The molecule has 1 N–H and O–H groups in total. The van der Waals surface area contributed by atoms with Crippen LogP contribution >= 0.6 is 22.9 Å². The summed E-state index contributed by atoms with van der Waals surface area (Å²) in [7, 11) is 1.56. The summed E-state index contributed by atoms with van der Waals surface area (Å²) in [5.41, 5.74) is 3.90. The molecule has 0 radical (unpaired) electrons. The number of carbonyl (C=O) groups excluding carboxylic acids is 1. The second kappa shape index (κ2) is 11.5. The number of hydrogen-bond donors (Lipinski definition) is 1. The smallest absolute Gasteiger partial charge is 0.407 e. The average molecular weight is 584 g/mol. The first kappa shape index (κ1) is 28.0. The molecule has 208 valence electrons. The van der Waals surface area contributed by atoms with Crippen LogP contribution in [0, 0.1) is 18.6 Å². The minimum absolute atomic E-state index is 0.0101. The van der Waals surface area contributed by atoms with Gasteiger partial charge >= 0.3 is 6.09 Å². The molecule has 0 unspecified atom stereocenters. The van der Waals surface area contributed by atoms with Gasteiger partial charge in [-0.15, -0.1) is 11.3 Å². The molecule has 2 heterocycles. The third-order valence-corrected chi connectivity index (χ3v) is 9.47. The number of halogens is 3. The van der Waals surface area contributed by atoms with Crippen molar-refractivity contribution in [2.24, 2.45) is 0 Å². The number of carbonyl (C=O) groups is 2. The van der Waals surface area contributed by atoms with Gasteiger partial charge in [-0.2, -0.15) is 0 Å². The summed E-state index contributed by atoms with van der Waals surface area (Å²) in [6.07, 6.45) is 4.82. The van der Waals surface area contributed by atoms with Gasteiger partial charge in [0.1, 0.15) is 16.5 Å². The van der Waals surface area contributed by atoms with Crippen LogP contribution in [-0.2, 0) is 6.54 Å². The molecule has 2 amide bonds. The predicted octanol–water partition coefficient (Wildman–Crippen LogP) is 7.77. The molecule has 2 aromatic heterocycles. The Kier molecular flexibility index (Phi) is 8.05. The summed E-state index contributed by atoms with van der Waals surface area (Å²) in [5.74, 6) is -1.71. The van der Waals surface area contributed by atoms with E-state index in [0.29, 0.717) is 25.7 Å². The lowest BCUT2D eigenvalue weighted by molar-refractivity contribution is 0.0556. The van der Waals surface area contributed by atoms with Crippen LogP contribution < -0.4 is 0 Å². The molecule has 4 aromatic rings. The molecule has 40 heavy (non-hydrogen) atoms. The van der Waals surface area contributed by atoms with E-state index in [1.54, 1.807) is 24.3 Å². The number of carboxylic acid groups (broad SMARTS) is 1. The van der Waals surface area contributed by atoms with Gasteiger partial charge in [-0.25, -0.2) is 13.6 Å². The molecule has 1 aliphatic carbocycles. The van der Waals surface area contributed by atoms with Crippen molar-refractivity contribution in [3.05, 3.63) is 87.5 Å². The van der Waals surface area contributed by atoms with Gasteiger partial charge in [-0.1, -0.05) is 23.7 Å². The van der Waals surface area contributed by atoms with Crippen molar-refractivity contribution < 1.29 is 23.5 Å². The molecule has 0 bridgehead atoms. The molecule has 5 rings (SSSR count). The number of thiophene rings is 1. The normalized spacial score (nSPS) is 17.1. The monoisotopic (exact) mass is 583 g/mol. The lowest BCUT2D eigenvalue weighted by Crippen LogP contribution is -2.46. The largest absolute Gasteiger partial charge is 0.465 e. The fourth-order valence-electron chi connectivity index (χ4n) is 5.40. The molecule has 0 aliphatic heterocycles. The Bertz CT molecular complexity index is 1570. The Balaban J connectivity index is 1.52. The lowest BCUT2D eigenvalue weighted by atomic mass is 9.88. The van der Waals surface area contributed by atoms with Crippen molar-refractivity contribution in [2.75, 3.05) is 7.05 Å². The minimum atomic E-state index is -0.985. The van der Waals surface area contributed by atoms with Gasteiger partial charge in [-0.05, 0) is 85.2 Å². The highest BCUT2D eigenvalue weighted by molar-refractivity contribution is 7.21. The first-order valence-corrected chi connectivity index (χ1v) is 14.2. The van der Waals surface area contributed by atoms with E-state index in [2.05, 4.69) is 4.98 Å². The Morgan fingerprint density at radius 1 is 1.00 bits per heavy atom. The SMILES string of the molecule is Cc1ccc(-c2ccncc2)cc1CN(C(=O)c1sc2c(F)ccc(F)c2c1Cl)C1CCC(N(C)C(=O)O)CC1. The Morgan fingerprint density at radius 3 is 2.30 bits per heavy atom. The maximum Gasteiger partial charge on any atom is 0.407 e. The average Bonchev–Trinajstić information content (AvgIpc) is 3.32. The second-order valence-corrected chi connectivity index (χ2v) is 11.5. The van der Waals surface area contributed by atoms with Crippen molar-refractivity contribution in [1.82, 2.24) is 14.8 Å². The van der Waals surface area contributed by atoms with Crippen LogP contribution in [0.25, 0.3) is 21.2 Å².